The Kier molecular flexibility index (Phi) is 3.72. The lowest BCUT2D eigenvalue weighted by Gasteiger charge is -2.39. The number of hydrogen-bond donors (Lipinski definition) is 1. The number of aliphatic hydroxyl groups is 1. The van der Waals surface area contributed by atoms with Gasteiger partial charge in [0.15, 0.2) is 0 Å². The van der Waals surface area contributed by atoms with Crippen LogP contribution in [0.1, 0.15) is 40.5 Å². The molecule has 0 bridgehead atoms. The maximum atomic E-state index is 12.0. The molecule has 0 aliphatic heterocycles. The third-order valence-corrected chi connectivity index (χ3v) is 3.29. The molecule has 0 aromatic heterocycles. The fourth-order valence-corrected chi connectivity index (χ4v) is 2.68. The first-order valence-corrected chi connectivity index (χ1v) is 5.72. The van der Waals surface area contributed by atoms with E-state index in [2.05, 4.69) is 32.9 Å². The minimum atomic E-state index is -0.522. The van der Waals surface area contributed by atoms with Gasteiger partial charge in [-0.05, 0) is 24.7 Å². The van der Waals surface area contributed by atoms with Gasteiger partial charge in [0.05, 0.1) is 6.10 Å². The van der Waals surface area contributed by atoms with Crippen molar-refractivity contribution in [2.45, 2.75) is 46.6 Å². The molecule has 0 radical (unpaired) electrons. The number of hydrogen-bond acceptors (Lipinski definition) is 2. The zero-order valence-corrected chi connectivity index (χ0v) is 10.2. The van der Waals surface area contributed by atoms with Crippen molar-refractivity contribution in [2.75, 3.05) is 0 Å². The van der Waals surface area contributed by atoms with Gasteiger partial charge in [-0.1, -0.05) is 32.9 Å². The second kappa shape index (κ2) is 4.48. The maximum Gasteiger partial charge on any atom is 0.139 e. The Morgan fingerprint density at radius 3 is 2.67 bits per heavy atom. The van der Waals surface area contributed by atoms with Crippen molar-refractivity contribution >= 4 is 5.78 Å². The highest BCUT2D eigenvalue weighted by Crippen LogP contribution is 2.41. The van der Waals surface area contributed by atoms with E-state index < -0.39 is 6.10 Å². The van der Waals surface area contributed by atoms with Crippen LogP contribution < -0.4 is 0 Å². The van der Waals surface area contributed by atoms with E-state index in [-0.39, 0.29) is 23.5 Å². The molecular weight excluding hydrogens is 188 g/mol. The van der Waals surface area contributed by atoms with E-state index in [0.29, 0.717) is 5.92 Å². The van der Waals surface area contributed by atoms with Crippen molar-refractivity contribution in [3.05, 3.63) is 12.2 Å². The average molecular weight is 210 g/mol. The van der Waals surface area contributed by atoms with Crippen molar-refractivity contribution in [1.29, 1.82) is 0 Å². The third kappa shape index (κ3) is 2.91. The van der Waals surface area contributed by atoms with Gasteiger partial charge in [-0.15, -0.1) is 0 Å². The molecule has 0 heterocycles. The summed E-state index contributed by atoms with van der Waals surface area (Å²) in [5, 5.41) is 9.27. The van der Waals surface area contributed by atoms with Gasteiger partial charge < -0.3 is 5.11 Å². The summed E-state index contributed by atoms with van der Waals surface area (Å²) in [6.07, 6.45) is 5.00. The second-order valence-corrected chi connectivity index (χ2v) is 5.48. The standard InChI is InChI=1S/C13H22O2/c1-9-6-5-7-13(3,4)12(9)11(15)8-10(2)14/h5-6,9-10,12,14H,7-8H2,1-4H3/t9-,10?,12-/m1/s1. The number of Topliss-reactive ketones (excluding diaryl/α,β-unsaturated/α-hetero) is 1. The van der Waals surface area contributed by atoms with Gasteiger partial charge in [0, 0.05) is 12.3 Å². The molecule has 2 nitrogen and oxygen atoms in total. The van der Waals surface area contributed by atoms with Crippen LogP contribution in [0.3, 0.4) is 0 Å². The predicted octanol–water partition coefficient (Wildman–Crippen LogP) is 2.56. The molecule has 15 heavy (non-hydrogen) atoms. The fraction of sp³-hybridized carbons (Fsp3) is 0.769. The van der Waals surface area contributed by atoms with Crippen LogP contribution >= 0.6 is 0 Å². The van der Waals surface area contributed by atoms with Gasteiger partial charge in [0.2, 0.25) is 0 Å². The Balaban J connectivity index is 2.81. The summed E-state index contributed by atoms with van der Waals surface area (Å²) in [6, 6.07) is 0. The summed E-state index contributed by atoms with van der Waals surface area (Å²) in [4.78, 5) is 12.0. The largest absolute Gasteiger partial charge is 0.393 e. The fourth-order valence-electron chi connectivity index (χ4n) is 2.68. The monoisotopic (exact) mass is 210 g/mol. The Morgan fingerprint density at radius 1 is 1.60 bits per heavy atom. The number of rotatable bonds is 3. The maximum absolute atomic E-state index is 12.0. The molecule has 0 aromatic carbocycles. The van der Waals surface area contributed by atoms with Gasteiger partial charge in [0.1, 0.15) is 5.78 Å². The highest BCUT2D eigenvalue weighted by molar-refractivity contribution is 5.82. The van der Waals surface area contributed by atoms with E-state index in [1.807, 2.05) is 0 Å². The summed E-state index contributed by atoms with van der Waals surface area (Å²) < 4.78 is 0. The first-order valence-electron chi connectivity index (χ1n) is 5.72. The van der Waals surface area contributed by atoms with Crippen LogP contribution in [-0.4, -0.2) is 17.0 Å². The number of carbonyl (C=O) groups is 1. The Labute approximate surface area is 92.4 Å². The van der Waals surface area contributed by atoms with E-state index in [0.717, 1.165) is 6.42 Å². The number of carbonyl (C=O) groups excluding carboxylic acids is 1. The first kappa shape index (κ1) is 12.4. The van der Waals surface area contributed by atoms with Gasteiger partial charge in [-0.25, -0.2) is 0 Å². The van der Waals surface area contributed by atoms with Crippen LogP contribution in [0.15, 0.2) is 12.2 Å². The Morgan fingerprint density at radius 2 is 2.20 bits per heavy atom. The molecule has 0 amide bonds. The molecule has 0 fully saturated rings. The average Bonchev–Trinajstić information content (AvgIpc) is 1.99. The molecule has 86 valence electrons. The number of ketones is 1. The number of aliphatic hydroxyl groups excluding tert-OH is 1. The lowest BCUT2D eigenvalue weighted by molar-refractivity contribution is -0.129. The van der Waals surface area contributed by atoms with Crippen molar-refractivity contribution in [2.24, 2.45) is 17.3 Å². The molecule has 0 spiro atoms. The van der Waals surface area contributed by atoms with Crippen LogP contribution in [0.4, 0.5) is 0 Å². The SMILES string of the molecule is CC(O)CC(=O)[C@H]1[C@H](C)C=CCC1(C)C. The van der Waals surface area contributed by atoms with Gasteiger partial charge in [0.25, 0.3) is 0 Å². The topological polar surface area (TPSA) is 37.3 Å². The molecule has 0 saturated carbocycles. The van der Waals surface area contributed by atoms with Crippen molar-refractivity contribution in [3.63, 3.8) is 0 Å². The van der Waals surface area contributed by atoms with Crippen LogP contribution in [0.5, 0.6) is 0 Å². The summed E-state index contributed by atoms with van der Waals surface area (Å²) >= 11 is 0. The summed E-state index contributed by atoms with van der Waals surface area (Å²) in [5.74, 6) is 0.545. The first-order chi connectivity index (χ1) is 6.84. The van der Waals surface area contributed by atoms with Crippen molar-refractivity contribution in [3.8, 4) is 0 Å². The normalized spacial score (nSPS) is 31.3. The molecule has 1 N–H and O–H groups in total. The lowest BCUT2D eigenvalue weighted by atomic mass is 9.65. The van der Waals surface area contributed by atoms with E-state index in [1.54, 1.807) is 6.92 Å². The van der Waals surface area contributed by atoms with Crippen LogP contribution in [0.2, 0.25) is 0 Å². The zero-order chi connectivity index (χ0) is 11.6. The smallest absolute Gasteiger partial charge is 0.139 e. The van der Waals surface area contributed by atoms with Crippen molar-refractivity contribution in [1.82, 2.24) is 0 Å². The number of allylic oxidation sites excluding steroid dienone is 2. The van der Waals surface area contributed by atoms with E-state index in [1.165, 1.54) is 0 Å². The van der Waals surface area contributed by atoms with Crippen LogP contribution in [0, 0.1) is 17.3 Å². The molecule has 3 atom stereocenters. The second-order valence-electron chi connectivity index (χ2n) is 5.48. The molecule has 0 saturated heterocycles. The highest BCUT2D eigenvalue weighted by atomic mass is 16.3. The molecular formula is C13H22O2. The van der Waals surface area contributed by atoms with Gasteiger partial charge in [-0.2, -0.15) is 0 Å². The van der Waals surface area contributed by atoms with Crippen molar-refractivity contribution < 1.29 is 9.90 Å². The lowest BCUT2D eigenvalue weighted by Crippen LogP contribution is -2.38. The van der Waals surface area contributed by atoms with E-state index in [9.17, 15) is 9.90 Å². The highest BCUT2D eigenvalue weighted by Gasteiger charge is 2.39. The predicted molar refractivity (Wildman–Crippen MR) is 61.5 cm³/mol. The minimum absolute atomic E-state index is 0.0279. The quantitative estimate of drug-likeness (QED) is 0.727. The van der Waals surface area contributed by atoms with E-state index in [4.69, 9.17) is 0 Å². The molecule has 1 aliphatic rings. The van der Waals surface area contributed by atoms with Crippen LogP contribution in [-0.2, 0) is 4.79 Å². The molecule has 0 aromatic rings. The van der Waals surface area contributed by atoms with Crippen LogP contribution in [0.25, 0.3) is 0 Å². The Hall–Kier alpha value is -0.630. The summed E-state index contributed by atoms with van der Waals surface area (Å²) in [6.45, 7) is 8.03. The minimum Gasteiger partial charge on any atom is -0.393 e. The Bertz CT molecular complexity index is 264. The molecule has 1 rings (SSSR count). The third-order valence-electron chi connectivity index (χ3n) is 3.29. The summed E-state index contributed by atoms with van der Waals surface area (Å²) in [5.41, 5.74) is 0.0279. The van der Waals surface area contributed by atoms with E-state index >= 15 is 0 Å². The zero-order valence-electron chi connectivity index (χ0n) is 10.2. The van der Waals surface area contributed by atoms with Gasteiger partial charge in [-0.3, -0.25) is 4.79 Å². The molecule has 2 heteroatoms. The molecule has 1 unspecified atom stereocenters. The van der Waals surface area contributed by atoms with Gasteiger partial charge >= 0.3 is 0 Å². The summed E-state index contributed by atoms with van der Waals surface area (Å²) in [7, 11) is 0. The molecule has 1 aliphatic carbocycles.